The standard InChI is InChI=1S/C23H35N3O/c1-17-12-18(2)14-19(13-17)15-25-10-7-22(8-11-25)26-9-3-4-20(16-26)23(27)24-21-5-6-21/h12-14,20-22H,3-11,15-16H2,1-2H3,(H,24,27). The van der Waals surface area contributed by atoms with Crippen molar-refractivity contribution in [1.82, 2.24) is 15.1 Å². The van der Waals surface area contributed by atoms with E-state index in [1.165, 1.54) is 68.4 Å². The average molecular weight is 370 g/mol. The Morgan fingerprint density at radius 1 is 1.00 bits per heavy atom. The fraction of sp³-hybridized carbons (Fsp3) is 0.696. The first-order valence-electron chi connectivity index (χ1n) is 10.9. The lowest BCUT2D eigenvalue weighted by Gasteiger charge is -2.42. The van der Waals surface area contributed by atoms with E-state index in [1.807, 2.05) is 0 Å². The smallest absolute Gasteiger partial charge is 0.224 e. The predicted octanol–water partition coefficient (Wildman–Crippen LogP) is 3.26. The van der Waals surface area contributed by atoms with E-state index in [0.717, 1.165) is 19.5 Å². The molecule has 1 N–H and O–H groups in total. The van der Waals surface area contributed by atoms with E-state index < -0.39 is 0 Å². The van der Waals surface area contributed by atoms with Crippen LogP contribution in [0.2, 0.25) is 0 Å². The van der Waals surface area contributed by atoms with Gasteiger partial charge in [-0.25, -0.2) is 0 Å². The highest BCUT2D eigenvalue weighted by Crippen LogP contribution is 2.26. The monoisotopic (exact) mass is 369 g/mol. The maximum atomic E-state index is 12.4. The Bertz CT molecular complexity index is 641. The zero-order chi connectivity index (χ0) is 18.8. The van der Waals surface area contributed by atoms with E-state index in [-0.39, 0.29) is 5.92 Å². The summed E-state index contributed by atoms with van der Waals surface area (Å²) in [7, 11) is 0. The number of nitrogens with zero attached hydrogens (tertiary/aromatic N) is 2. The number of piperidine rings is 2. The molecule has 2 aliphatic heterocycles. The summed E-state index contributed by atoms with van der Waals surface area (Å²) in [6.07, 6.45) is 7.08. The molecule has 4 heteroatoms. The highest BCUT2D eigenvalue weighted by Gasteiger charge is 2.33. The van der Waals surface area contributed by atoms with E-state index in [0.29, 0.717) is 18.0 Å². The topological polar surface area (TPSA) is 35.6 Å². The molecule has 1 aliphatic carbocycles. The number of carbonyl (C=O) groups excluding carboxylic acids is 1. The van der Waals surface area contributed by atoms with Gasteiger partial charge >= 0.3 is 0 Å². The Kier molecular flexibility index (Phi) is 5.84. The van der Waals surface area contributed by atoms with Gasteiger partial charge in [-0.15, -0.1) is 0 Å². The summed E-state index contributed by atoms with van der Waals surface area (Å²) in [5, 5.41) is 3.22. The second-order valence-corrected chi connectivity index (χ2v) is 9.12. The van der Waals surface area contributed by atoms with Crippen molar-refractivity contribution in [3.05, 3.63) is 34.9 Å². The number of nitrogens with one attached hydrogen (secondary N) is 1. The third-order valence-electron chi connectivity index (χ3n) is 6.51. The van der Waals surface area contributed by atoms with Gasteiger partial charge in [0.2, 0.25) is 5.91 Å². The molecular weight excluding hydrogens is 334 g/mol. The summed E-state index contributed by atoms with van der Waals surface area (Å²) in [5.41, 5.74) is 4.17. The quantitative estimate of drug-likeness (QED) is 0.865. The van der Waals surface area contributed by atoms with Gasteiger partial charge in [0.15, 0.2) is 0 Å². The Labute approximate surface area is 164 Å². The van der Waals surface area contributed by atoms with Crippen LogP contribution >= 0.6 is 0 Å². The van der Waals surface area contributed by atoms with E-state index in [2.05, 4.69) is 47.2 Å². The van der Waals surface area contributed by atoms with Crippen molar-refractivity contribution < 1.29 is 4.79 Å². The van der Waals surface area contributed by atoms with Gasteiger partial charge < -0.3 is 5.32 Å². The number of likely N-dealkylation sites (tertiary alicyclic amines) is 2. The Morgan fingerprint density at radius 2 is 1.70 bits per heavy atom. The molecule has 0 spiro atoms. The van der Waals surface area contributed by atoms with Gasteiger partial charge in [-0.1, -0.05) is 29.3 Å². The largest absolute Gasteiger partial charge is 0.353 e. The molecule has 2 saturated heterocycles. The van der Waals surface area contributed by atoms with Gasteiger partial charge in [-0.05, 0) is 77.6 Å². The van der Waals surface area contributed by atoms with Crippen molar-refractivity contribution in [2.75, 3.05) is 26.2 Å². The molecule has 3 aliphatic rings. The number of aryl methyl sites for hydroxylation is 2. The molecule has 3 fully saturated rings. The number of amides is 1. The molecule has 1 aromatic rings. The summed E-state index contributed by atoms with van der Waals surface area (Å²) < 4.78 is 0. The molecule has 1 atom stereocenters. The molecule has 4 nitrogen and oxygen atoms in total. The maximum Gasteiger partial charge on any atom is 0.224 e. The molecule has 2 heterocycles. The molecule has 0 radical (unpaired) electrons. The van der Waals surface area contributed by atoms with Crippen molar-refractivity contribution in [2.45, 2.75) is 71.0 Å². The molecular formula is C23H35N3O. The average Bonchev–Trinajstić information content (AvgIpc) is 3.45. The lowest BCUT2D eigenvalue weighted by atomic mass is 9.93. The Morgan fingerprint density at radius 3 is 2.37 bits per heavy atom. The van der Waals surface area contributed by atoms with Crippen LogP contribution in [0, 0.1) is 19.8 Å². The fourth-order valence-corrected chi connectivity index (χ4v) is 4.96. The van der Waals surface area contributed by atoms with Crippen molar-refractivity contribution in [3.63, 3.8) is 0 Å². The van der Waals surface area contributed by atoms with Gasteiger partial charge in [0, 0.05) is 25.2 Å². The summed E-state index contributed by atoms with van der Waals surface area (Å²) >= 11 is 0. The van der Waals surface area contributed by atoms with Crippen LogP contribution in [0.1, 0.15) is 55.2 Å². The number of benzene rings is 1. The van der Waals surface area contributed by atoms with Crippen LogP contribution in [0.25, 0.3) is 0 Å². The van der Waals surface area contributed by atoms with E-state index in [4.69, 9.17) is 0 Å². The van der Waals surface area contributed by atoms with E-state index in [1.54, 1.807) is 0 Å². The molecule has 1 aromatic carbocycles. The SMILES string of the molecule is Cc1cc(C)cc(CN2CCC(N3CCCC(C(=O)NC4CC4)C3)CC2)c1. The molecule has 148 valence electrons. The van der Waals surface area contributed by atoms with Crippen LogP contribution in [0.15, 0.2) is 18.2 Å². The summed E-state index contributed by atoms with van der Waals surface area (Å²) in [6.45, 7) is 9.95. The second kappa shape index (κ2) is 8.32. The van der Waals surface area contributed by atoms with E-state index >= 15 is 0 Å². The number of hydrogen-bond donors (Lipinski definition) is 1. The lowest BCUT2D eigenvalue weighted by Crippen LogP contribution is -2.50. The molecule has 27 heavy (non-hydrogen) atoms. The fourth-order valence-electron chi connectivity index (χ4n) is 4.96. The first-order valence-corrected chi connectivity index (χ1v) is 10.9. The zero-order valence-electron chi connectivity index (χ0n) is 17.0. The molecule has 1 unspecified atom stereocenters. The molecule has 4 rings (SSSR count). The third-order valence-corrected chi connectivity index (χ3v) is 6.51. The van der Waals surface area contributed by atoms with Gasteiger partial charge in [0.1, 0.15) is 0 Å². The van der Waals surface area contributed by atoms with Gasteiger partial charge in [0.25, 0.3) is 0 Å². The van der Waals surface area contributed by atoms with Crippen LogP contribution in [0.5, 0.6) is 0 Å². The third kappa shape index (κ3) is 5.11. The number of rotatable bonds is 5. The van der Waals surface area contributed by atoms with E-state index in [9.17, 15) is 4.79 Å². The maximum absolute atomic E-state index is 12.4. The summed E-state index contributed by atoms with van der Waals surface area (Å²) in [5.74, 6) is 0.530. The highest BCUT2D eigenvalue weighted by atomic mass is 16.2. The molecule has 1 amide bonds. The molecule has 0 aromatic heterocycles. The minimum Gasteiger partial charge on any atom is -0.353 e. The normalized spacial score (nSPS) is 25.5. The van der Waals surface area contributed by atoms with Crippen LogP contribution in [-0.4, -0.2) is 54.0 Å². The zero-order valence-corrected chi connectivity index (χ0v) is 17.0. The lowest BCUT2D eigenvalue weighted by molar-refractivity contribution is -0.127. The number of carbonyl (C=O) groups is 1. The second-order valence-electron chi connectivity index (χ2n) is 9.12. The summed E-state index contributed by atoms with van der Waals surface area (Å²) in [4.78, 5) is 17.7. The van der Waals surface area contributed by atoms with Gasteiger partial charge in [-0.3, -0.25) is 14.6 Å². The Balaban J connectivity index is 1.26. The van der Waals surface area contributed by atoms with Gasteiger partial charge in [0.05, 0.1) is 5.92 Å². The van der Waals surface area contributed by atoms with Crippen molar-refractivity contribution in [2.24, 2.45) is 5.92 Å². The molecule has 0 bridgehead atoms. The van der Waals surface area contributed by atoms with Crippen LogP contribution < -0.4 is 5.32 Å². The minimum atomic E-state index is 0.215. The van der Waals surface area contributed by atoms with Crippen LogP contribution in [0.3, 0.4) is 0 Å². The molecule has 1 saturated carbocycles. The highest BCUT2D eigenvalue weighted by molar-refractivity contribution is 5.79. The summed E-state index contributed by atoms with van der Waals surface area (Å²) in [6, 6.07) is 8.06. The Hall–Kier alpha value is -1.39. The van der Waals surface area contributed by atoms with Crippen molar-refractivity contribution >= 4 is 5.91 Å². The minimum absolute atomic E-state index is 0.215. The van der Waals surface area contributed by atoms with Gasteiger partial charge in [-0.2, -0.15) is 0 Å². The first-order chi connectivity index (χ1) is 13.1. The number of hydrogen-bond acceptors (Lipinski definition) is 3. The van der Waals surface area contributed by atoms with Crippen molar-refractivity contribution in [3.8, 4) is 0 Å². The van der Waals surface area contributed by atoms with Crippen LogP contribution in [-0.2, 0) is 11.3 Å². The predicted molar refractivity (Wildman–Crippen MR) is 110 cm³/mol. The van der Waals surface area contributed by atoms with Crippen molar-refractivity contribution in [1.29, 1.82) is 0 Å². The first kappa shape index (κ1) is 18.9. The van der Waals surface area contributed by atoms with Crippen LogP contribution in [0.4, 0.5) is 0 Å².